The van der Waals surface area contributed by atoms with Crippen molar-refractivity contribution >= 4 is 22.6 Å². The molecule has 8 heteroatoms. The molecule has 0 fully saturated rings. The minimum atomic E-state index is -0.227. The van der Waals surface area contributed by atoms with E-state index >= 15 is 0 Å². The van der Waals surface area contributed by atoms with Gasteiger partial charge in [0.1, 0.15) is 24.2 Å². The van der Waals surface area contributed by atoms with Gasteiger partial charge in [0.15, 0.2) is 0 Å². The third-order valence-corrected chi connectivity index (χ3v) is 5.13. The number of amides is 1. The van der Waals surface area contributed by atoms with E-state index in [0.29, 0.717) is 12.2 Å². The number of carbonyl (C=O) groups is 1. The molecule has 8 nitrogen and oxygen atoms in total. The predicted octanol–water partition coefficient (Wildman–Crippen LogP) is 3.37. The first-order chi connectivity index (χ1) is 15.1. The summed E-state index contributed by atoms with van der Waals surface area (Å²) < 4.78 is 0. The molecule has 4 rings (SSSR count). The van der Waals surface area contributed by atoms with Crippen molar-refractivity contribution in [2.75, 3.05) is 18.9 Å². The number of carbonyl (C=O) groups excluding carboxylic acids is 1. The summed E-state index contributed by atoms with van der Waals surface area (Å²) in [6.45, 7) is 4.70. The van der Waals surface area contributed by atoms with Gasteiger partial charge in [0, 0.05) is 48.4 Å². The summed E-state index contributed by atoms with van der Waals surface area (Å²) in [5.41, 5.74) is 4.90. The van der Waals surface area contributed by atoms with Crippen LogP contribution in [-0.4, -0.2) is 44.4 Å². The lowest BCUT2D eigenvalue weighted by molar-refractivity contribution is 0.0960. The van der Waals surface area contributed by atoms with Crippen LogP contribution in [0.5, 0.6) is 0 Å². The summed E-state index contributed by atoms with van der Waals surface area (Å²) in [6, 6.07) is 11.7. The lowest BCUT2D eigenvalue weighted by Gasteiger charge is -2.16. The van der Waals surface area contributed by atoms with Crippen molar-refractivity contribution in [1.82, 2.24) is 30.2 Å². The molecule has 0 spiro atoms. The van der Waals surface area contributed by atoms with Crippen molar-refractivity contribution in [3.8, 4) is 11.3 Å². The predicted molar refractivity (Wildman–Crippen MR) is 120 cm³/mol. The number of nitrogens with zero attached hydrogens (tertiary/aromatic N) is 5. The Morgan fingerprint density at radius 3 is 2.65 bits per heavy atom. The number of anilines is 1. The van der Waals surface area contributed by atoms with E-state index in [1.807, 2.05) is 49.5 Å². The standard InChI is InChI=1S/C23H23N7O/c1-14(17-5-4-6-18-21(17)29-13-30-22(18)23(31)24-3)10-26-20-9-19(27-12-28-20)16-8-7-15(2)25-11-16/h4-9,11-14H,10H2,1-3H3,(H,24,31)(H,26,27,28)/t14-/m1/s1. The Morgan fingerprint density at radius 1 is 1.03 bits per heavy atom. The Hall–Kier alpha value is -3.94. The smallest absolute Gasteiger partial charge is 0.270 e. The minimum Gasteiger partial charge on any atom is -0.369 e. The molecular formula is C23H23N7O. The van der Waals surface area contributed by atoms with Crippen LogP contribution < -0.4 is 10.6 Å². The Labute approximate surface area is 180 Å². The van der Waals surface area contributed by atoms with Gasteiger partial charge < -0.3 is 10.6 Å². The first-order valence-electron chi connectivity index (χ1n) is 10.0. The number of nitrogens with one attached hydrogen (secondary N) is 2. The number of rotatable bonds is 6. The highest BCUT2D eigenvalue weighted by Gasteiger charge is 2.16. The molecule has 0 aliphatic carbocycles. The van der Waals surface area contributed by atoms with Crippen molar-refractivity contribution in [2.45, 2.75) is 19.8 Å². The van der Waals surface area contributed by atoms with Gasteiger partial charge in [-0.3, -0.25) is 9.78 Å². The molecule has 4 aromatic rings. The molecular weight excluding hydrogens is 390 g/mol. The summed E-state index contributed by atoms with van der Waals surface area (Å²) >= 11 is 0. The summed E-state index contributed by atoms with van der Waals surface area (Å²) in [5, 5.41) is 6.75. The van der Waals surface area contributed by atoms with Crippen LogP contribution in [0.4, 0.5) is 5.82 Å². The van der Waals surface area contributed by atoms with Crippen LogP contribution in [0.1, 0.15) is 34.6 Å². The molecule has 1 atom stereocenters. The second kappa shape index (κ2) is 8.83. The van der Waals surface area contributed by atoms with E-state index in [1.165, 1.54) is 6.33 Å². The van der Waals surface area contributed by atoms with Crippen LogP contribution in [0, 0.1) is 6.92 Å². The fourth-order valence-corrected chi connectivity index (χ4v) is 3.41. The number of hydrogen-bond acceptors (Lipinski definition) is 7. The van der Waals surface area contributed by atoms with Gasteiger partial charge in [-0.25, -0.2) is 19.9 Å². The quantitative estimate of drug-likeness (QED) is 0.499. The molecule has 31 heavy (non-hydrogen) atoms. The monoisotopic (exact) mass is 413 g/mol. The molecule has 0 unspecified atom stereocenters. The maximum absolute atomic E-state index is 12.2. The number of hydrogen-bond donors (Lipinski definition) is 2. The zero-order valence-corrected chi connectivity index (χ0v) is 17.6. The fourth-order valence-electron chi connectivity index (χ4n) is 3.41. The van der Waals surface area contributed by atoms with Gasteiger partial charge in [0.2, 0.25) is 0 Å². The van der Waals surface area contributed by atoms with Gasteiger partial charge in [0.05, 0.1) is 11.2 Å². The first-order valence-corrected chi connectivity index (χ1v) is 10.0. The van der Waals surface area contributed by atoms with Crippen LogP contribution >= 0.6 is 0 Å². The van der Waals surface area contributed by atoms with Crippen molar-refractivity contribution in [3.05, 3.63) is 72.2 Å². The molecule has 0 radical (unpaired) electrons. The van der Waals surface area contributed by atoms with E-state index in [2.05, 4.69) is 42.5 Å². The number of benzene rings is 1. The van der Waals surface area contributed by atoms with Crippen LogP contribution in [0.25, 0.3) is 22.2 Å². The van der Waals surface area contributed by atoms with E-state index in [4.69, 9.17) is 0 Å². The zero-order chi connectivity index (χ0) is 21.8. The molecule has 0 aliphatic heterocycles. The molecule has 3 aromatic heterocycles. The van der Waals surface area contributed by atoms with Gasteiger partial charge in [-0.1, -0.05) is 25.1 Å². The number of para-hydroxylation sites is 1. The van der Waals surface area contributed by atoms with Gasteiger partial charge >= 0.3 is 0 Å². The first kappa shape index (κ1) is 20.3. The summed E-state index contributed by atoms with van der Waals surface area (Å²) in [7, 11) is 1.59. The normalized spacial score (nSPS) is 11.8. The molecule has 2 N–H and O–H groups in total. The fraction of sp³-hybridized carbons (Fsp3) is 0.217. The topological polar surface area (TPSA) is 106 Å². The average molecular weight is 413 g/mol. The molecule has 0 saturated heterocycles. The number of pyridine rings is 1. The van der Waals surface area contributed by atoms with Gasteiger partial charge in [0.25, 0.3) is 5.91 Å². The second-order valence-corrected chi connectivity index (χ2v) is 7.30. The van der Waals surface area contributed by atoms with Crippen LogP contribution in [0.3, 0.4) is 0 Å². The molecule has 1 amide bonds. The SMILES string of the molecule is CNC(=O)c1ncnc2c([C@H](C)CNc3cc(-c4ccc(C)nc4)ncn3)cccc12. The largest absolute Gasteiger partial charge is 0.369 e. The van der Waals surface area contributed by atoms with Crippen LogP contribution in [0.15, 0.2) is 55.2 Å². The summed E-state index contributed by atoms with van der Waals surface area (Å²) in [5.74, 6) is 0.628. The number of fused-ring (bicyclic) bond motifs is 1. The molecule has 3 heterocycles. The van der Waals surface area contributed by atoms with Crippen LogP contribution in [-0.2, 0) is 0 Å². The van der Waals surface area contributed by atoms with Gasteiger partial charge in [-0.2, -0.15) is 0 Å². The van der Waals surface area contributed by atoms with Crippen molar-refractivity contribution in [3.63, 3.8) is 0 Å². The Balaban J connectivity index is 1.55. The lowest BCUT2D eigenvalue weighted by atomic mass is 9.97. The summed E-state index contributed by atoms with van der Waals surface area (Å²) in [6.07, 6.45) is 4.79. The third-order valence-electron chi connectivity index (χ3n) is 5.13. The van der Waals surface area contributed by atoms with Crippen LogP contribution in [0.2, 0.25) is 0 Å². The highest BCUT2D eigenvalue weighted by Crippen LogP contribution is 2.26. The van der Waals surface area contributed by atoms with E-state index < -0.39 is 0 Å². The van der Waals surface area contributed by atoms with Gasteiger partial charge in [-0.15, -0.1) is 0 Å². The summed E-state index contributed by atoms with van der Waals surface area (Å²) in [4.78, 5) is 33.8. The third kappa shape index (κ3) is 4.32. The zero-order valence-electron chi connectivity index (χ0n) is 17.6. The molecule has 0 aliphatic rings. The van der Waals surface area contributed by atoms with E-state index in [9.17, 15) is 4.79 Å². The Bertz CT molecular complexity index is 1220. The maximum atomic E-state index is 12.2. The molecule has 0 saturated carbocycles. The van der Waals surface area contributed by atoms with Crippen molar-refractivity contribution in [1.29, 1.82) is 0 Å². The van der Waals surface area contributed by atoms with E-state index in [0.717, 1.165) is 39.2 Å². The minimum absolute atomic E-state index is 0.121. The molecule has 156 valence electrons. The Morgan fingerprint density at radius 2 is 1.87 bits per heavy atom. The number of aryl methyl sites for hydroxylation is 1. The average Bonchev–Trinajstić information content (AvgIpc) is 2.82. The highest BCUT2D eigenvalue weighted by atomic mass is 16.1. The molecule has 0 bridgehead atoms. The molecule has 1 aromatic carbocycles. The maximum Gasteiger partial charge on any atom is 0.270 e. The van der Waals surface area contributed by atoms with Crippen molar-refractivity contribution < 1.29 is 4.79 Å². The Kier molecular flexibility index (Phi) is 5.79. The highest BCUT2D eigenvalue weighted by molar-refractivity contribution is 6.04. The lowest BCUT2D eigenvalue weighted by Crippen LogP contribution is -2.20. The number of aromatic nitrogens is 5. The van der Waals surface area contributed by atoms with Crippen molar-refractivity contribution in [2.24, 2.45) is 0 Å². The second-order valence-electron chi connectivity index (χ2n) is 7.30. The van der Waals surface area contributed by atoms with E-state index in [-0.39, 0.29) is 11.8 Å². The van der Waals surface area contributed by atoms with E-state index in [1.54, 1.807) is 13.4 Å². The van der Waals surface area contributed by atoms with Gasteiger partial charge in [-0.05, 0) is 24.6 Å².